The molecule has 1 atom stereocenters. The highest BCUT2D eigenvalue weighted by Gasteiger charge is 2.28. The number of amides is 1. The number of piperidine rings is 1. The van der Waals surface area contributed by atoms with Crippen LogP contribution in [0.3, 0.4) is 0 Å². The van der Waals surface area contributed by atoms with Crippen molar-refractivity contribution in [1.82, 2.24) is 25.4 Å². The lowest BCUT2D eigenvalue weighted by molar-refractivity contribution is 0.0905. The molecule has 7 heteroatoms. The summed E-state index contributed by atoms with van der Waals surface area (Å²) in [6.07, 6.45) is 4.14. The van der Waals surface area contributed by atoms with Crippen molar-refractivity contribution in [3.63, 3.8) is 0 Å². The van der Waals surface area contributed by atoms with Crippen molar-refractivity contribution in [3.05, 3.63) is 33.5 Å². The second-order valence-corrected chi connectivity index (χ2v) is 8.12. The number of hydrogen-bond donors (Lipinski definition) is 2. The van der Waals surface area contributed by atoms with Gasteiger partial charge in [0, 0.05) is 17.6 Å². The van der Waals surface area contributed by atoms with Crippen LogP contribution in [0.5, 0.6) is 0 Å². The summed E-state index contributed by atoms with van der Waals surface area (Å²) in [6, 6.07) is 2.12. The Hall–Kier alpha value is -1.73. The molecule has 0 saturated carbocycles. The maximum atomic E-state index is 12.6. The molecule has 1 unspecified atom stereocenters. The third kappa shape index (κ3) is 3.52. The lowest BCUT2D eigenvalue weighted by Crippen LogP contribution is -2.41. The zero-order chi connectivity index (χ0) is 17.3. The number of hydrogen-bond acceptors (Lipinski definition) is 5. The van der Waals surface area contributed by atoms with Crippen molar-refractivity contribution in [1.29, 1.82) is 0 Å². The van der Waals surface area contributed by atoms with Crippen molar-refractivity contribution in [2.24, 2.45) is 0 Å². The molecule has 0 spiro atoms. The van der Waals surface area contributed by atoms with Gasteiger partial charge in [-0.2, -0.15) is 5.10 Å². The topological polar surface area (TPSA) is 71.8 Å². The Morgan fingerprint density at radius 2 is 2.25 bits per heavy atom. The first kappa shape index (κ1) is 17.1. The monoisotopic (exact) mass is 347 g/mol. The molecule has 1 amide bonds. The standard InChI is InChI=1S/C17H25N5OS/c1-11-12(2)24-16(19-11)17(3,4)20-15(23)14-7-9-22(21-14)13-6-5-8-18-10-13/h7,9,13,18H,5-6,8,10H2,1-4H3,(H,20,23). The van der Waals surface area contributed by atoms with Gasteiger partial charge in [0.25, 0.3) is 5.91 Å². The van der Waals surface area contributed by atoms with Gasteiger partial charge < -0.3 is 10.6 Å². The fraction of sp³-hybridized carbons (Fsp3) is 0.588. The largest absolute Gasteiger partial charge is 0.339 e. The van der Waals surface area contributed by atoms with Crippen LogP contribution in [0, 0.1) is 13.8 Å². The first-order valence-corrected chi connectivity index (χ1v) is 9.21. The van der Waals surface area contributed by atoms with Gasteiger partial charge in [-0.15, -0.1) is 11.3 Å². The van der Waals surface area contributed by atoms with Gasteiger partial charge in [-0.1, -0.05) is 0 Å². The van der Waals surface area contributed by atoms with Crippen LogP contribution in [0.4, 0.5) is 0 Å². The molecule has 0 radical (unpaired) electrons. The van der Waals surface area contributed by atoms with E-state index in [1.165, 1.54) is 4.88 Å². The van der Waals surface area contributed by atoms with Crippen LogP contribution >= 0.6 is 11.3 Å². The number of aromatic nitrogens is 3. The fourth-order valence-electron chi connectivity index (χ4n) is 2.86. The number of rotatable bonds is 4. The summed E-state index contributed by atoms with van der Waals surface area (Å²) in [5.41, 5.74) is 0.960. The van der Waals surface area contributed by atoms with E-state index in [1.54, 1.807) is 17.4 Å². The summed E-state index contributed by atoms with van der Waals surface area (Å²) in [6.45, 7) is 9.97. The van der Waals surface area contributed by atoms with Gasteiger partial charge in [-0.05, 0) is 53.1 Å². The summed E-state index contributed by atoms with van der Waals surface area (Å²) < 4.78 is 1.91. The number of nitrogens with zero attached hydrogens (tertiary/aromatic N) is 3. The van der Waals surface area contributed by atoms with Crippen LogP contribution in [0.25, 0.3) is 0 Å². The van der Waals surface area contributed by atoms with Crippen molar-refractivity contribution in [2.45, 2.75) is 52.1 Å². The molecule has 0 aliphatic carbocycles. The van der Waals surface area contributed by atoms with E-state index in [0.29, 0.717) is 11.7 Å². The van der Waals surface area contributed by atoms with E-state index in [1.807, 2.05) is 38.6 Å². The van der Waals surface area contributed by atoms with Gasteiger partial charge >= 0.3 is 0 Å². The van der Waals surface area contributed by atoms with E-state index in [-0.39, 0.29) is 5.91 Å². The highest BCUT2D eigenvalue weighted by atomic mass is 32.1. The van der Waals surface area contributed by atoms with Gasteiger partial charge in [-0.3, -0.25) is 9.48 Å². The van der Waals surface area contributed by atoms with Crippen LogP contribution in [0.15, 0.2) is 12.3 Å². The molecular formula is C17H25N5OS. The molecule has 0 bridgehead atoms. The van der Waals surface area contributed by atoms with Crippen LogP contribution in [-0.4, -0.2) is 33.8 Å². The van der Waals surface area contributed by atoms with Crippen molar-refractivity contribution < 1.29 is 4.79 Å². The Labute approximate surface area is 146 Å². The molecule has 1 aliphatic rings. The van der Waals surface area contributed by atoms with Gasteiger partial charge in [0.15, 0.2) is 0 Å². The Morgan fingerprint density at radius 3 is 2.88 bits per heavy atom. The number of aryl methyl sites for hydroxylation is 2. The molecule has 24 heavy (non-hydrogen) atoms. The Morgan fingerprint density at radius 1 is 1.46 bits per heavy atom. The summed E-state index contributed by atoms with van der Waals surface area (Å²) in [4.78, 5) is 18.4. The minimum atomic E-state index is -0.517. The minimum absolute atomic E-state index is 0.159. The predicted molar refractivity (Wildman–Crippen MR) is 95.4 cm³/mol. The Bertz CT molecular complexity index is 708. The van der Waals surface area contributed by atoms with Gasteiger partial charge in [-0.25, -0.2) is 4.98 Å². The second kappa shape index (κ2) is 6.64. The lowest BCUT2D eigenvalue weighted by Gasteiger charge is -2.24. The molecule has 3 rings (SSSR count). The third-order valence-electron chi connectivity index (χ3n) is 4.48. The Kier molecular flexibility index (Phi) is 4.73. The van der Waals surface area contributed by atoms with E-state index < -0.39 is 5.54 Å². The maximum Gasteiger partial charge on any atom is 0.272 e. The quantitative estimate of drug-likeness (QED) is 0.891. The van der Waals surface area contributed by atoms with E-state index in [2.05, 4.69) is 20.7 Å². The van der Waals surface area contributed by atoms with Crippen molar-refractivity contribution in [3.8, 4) is 0 Å². The van der Waals surface area contributed by atoms with E-state index in [4.69, 9.17) is 0 Å². The smallest absolute Gasteiger partial charge is 0.272 e. The Balaban J connectivity index is 1.71. The van der Waals surface area contributed by atoms with Crippen LogP contribution < -0.4 is 10.6 Å². The van der Waals surface area contributed by atoms with Gasteiger partial charge in [0.1, 0.15) is 10.7 Å². The normalized spacial score (nSPS) is 18.6. The lowest BCUT2D eigenvalue weighted by atomic mass is 10.1. The van der Waals surface area contributed by atoms with E-state index in [9.17, 15) is 4.79 Å². The van der Waals surface area contributed by atoms with E-state index in [0.717, 1.165) is 36.6 Å². The molecular weight excluding hydrogens is 322 g/mol. The van der Waals surface area contributed by atoms with Crippen LogP contribution in [0.2, 0.25) is 0 Å². The molecule has 1 aliphatic heterocycles. The molecule has 1 fully saturated rings. The van der Waals surface area contributed by atoms with Crippen molar-refractivity contribution >= 4 is 17.2 Å². The molecule has 0 aromatic carbocycles. The first-order valence-electron chi connectivity index (χ1n) is 8.40. The number of carbonyl (C=O) groups excluding carboxylic acids is 1. The highest BCUT2D eigenvalue weighted by Crippen LogP contribution is 2.27. The van der Waals surface area contributed by atoms with E-state index >= 15 is 0 Å². The predicted octanol–water partition coefficient (Wildman–Crippen LogP) is 2.55. The average molecular weight is 347 g/mol. The summed E-state index contributed by atoms with van der Waals surface area (Å²) in [7, 11) is 0. The molecule has 6 nitrogen and oxygen atoms in total. The SMILES string of the molecule is Cc1nc(C(C)(C)NC(=O)c2ccn(C3CCCNC3)n2)sc1C. The molecule has 130 valence electrons. The summed E-state index contributed by atoms with van der Waals surface area (Å²) in [5.74, 6) is -0.159. The van der Waals surface area contributed by atoms with Crippen molar-refractivity contribution in [2.75, 3.05) is 13.1 Å². The average Bonchev–Trinajstić information content (AvgIpc) is 3.16. The molecule has 2 N–H and O–H groups in total. The zero-order valence-electron chi connectivity index (χ0n) is 14.7. The van der Waals surface area contributed by atoms with Crippen LogP contribution in [0.1, 0.15) is 58.8 Å². The maximum absolute atomic E-state index is 12.6. The summed E-state index contributed by atoms with van der Waals surface area (Å²) in [5, 5.41) is 11.8. The highest BCUT2D eigenvalue weighted by molar-refractivity contribution is 7.11. The minimum Gasteiger partial charge on any atom is -0.339 e. The summed E-state index contributed by atoms with van der Waals surface area (Å²) >= 11 is 1.63. The fourth-order valence-corrected chi connectivity index (χ4v) is 3.84. The molecule has 2 aromatic heterocycles. The van der Waals surface area contributed by atoms with Crippen LogP contribution in [-0.2, 0) is 5.54 Å². The number of thiazole rings is 1. The zero-order valence-corrected chi connectivity index (χ0v) is 15.5. The molecule has 1 saturated heterocycles. The molecule has 2 aromatic rings. The second-order valence-electron chi connectivity index (χ2n) is 6.92. The van der Waals surface area contributed by atoms with Gasteiger partial charge in [0.2, 0.25) is 0 Å². The molecule has 3 heterocycles. The first-order chi connectivity index (χ1) is 11.4. The van der Waals surface area contributed by atoms with Gasteiger partial charge in [0.05, 0.1) is 17.3 Å². The number of nitrogens with one attached hydrogen (secondary N) is 2. The number of carbonyl (C=O) groups is 1. The third-order valence-corrected chi connectivity index (χ3v) is 5.87.